The summed E-state index contributed by atoms with van der Waals surface area (Å²) in [6, 6.07) is 0. The van der Waals surface area contributed by atoms with E-state index in [2.05, 4.69) is 15.3 Å². The van der Waals surface area contributed by atoms with Crippen molar-refractivity contribution in [2.45, 2.75) is 19.8 Å². The lowest BCUT2D eigenvalue weighted by molar-refractivity contribution is 0.596. The van der Waals surface area contributed by atoms with Crippen LogP contribution in [0.2, 0.25) is 0 Å². The van der Waals surface area contributed by atoms with Gasteiger partial charge >= 0.3 is 0 Å². The van der Waals surface area contributed by atoms with Gasteiger partial charge in [-0.15, -0.1) is 0 Å². The fourth-order valence-corrected chi connectivity index (χ4v) is 3.32. The van der Waals surface area contributed by atoms with E-state index in [1.165, 1.54) is 0 Å². The smallest absolute Gasteiger partial charge is 0.224 e. The zero-order chi connectivity index (χ0) is 14.6. The molecule has 1 aromatic heterocycles. The Hall–Kier alpha value is -1.44. The van der Waals surface area contributed by atoms with Crippen molar-refractivity contribution in [2.75, 3.05) is 41.4 Å². The van der Waals surface area contributed by atoms with Crippen LogP contribution in [0.4, 0.5) is 16.2 Å². The molecule has 0 unspecified atom stereocenters. The second-order valence-electron chi connectivity index (χ2n) is 4.78. The largest absolute Gasteiger partial charge is 0.354 e. The van der Waals surface area contributed by atoms with Crippen molar-refractivity contribution < 1.29 is 12.8 Å². The Morgan fingerprint density at radius 2 is 2.20 bits per heavy atom. The summed E-state index contributed by atoms with van der Waals surface area (Å²) in [5.41, 5.74) is 0. The highest BCUT2D eigenvalue weighted by molar-refractivity contribution is 7.91. The molecule has 2 rings (SSSR count). The molecule has 1 saturated heterocycles. The molecule has 0 atom stereocenters. The van der Waals surface area contributed by atoms with E-state index in [1.54, 1.807) is 4.90 Å². The fraction of sp³-hybridized carbons (Fsp3) is 0.667. The van der Waals surface area contributed by atoms with Crippen molar-refractivity contribution in [1.29, 1.82) is 0 Å². The van der Waals surface area contributed by atoms with Gasteiger partial charge in [0.2, 0.25) is 5.95 Å². The summed E-state index contributed by atoms with van der Waals surface area (Å²) < 4.78 is 37.0. The molecule has 0 amide bonds. The van der Waals surface area contributed by atoms with E-state index in [1.807, 2.05) is 6.92 Å². The van der Waals surface area contributed by atoms with Crippen molar-refractivity contribution >= 4 is 21.6 Å². The second kappa shape index (κ2) is 6.34. The van der Waals surface area contributed by atoms with Crippen molar-refractivity contribution in [1.82, 2.24) is 9.97 Å². The average Bonchev–Trinajstić information content (AvgIpc) is 2.59. The molecule has 1 aliphatic heterocycles. The molecule has 1 aromatic rings. The normalized spacial score (nSPS) is 18.6. The Labute approximate surface area is 118 Å². The predicted molar refractivity (Wildman–Crippen MR) is 76.3 cm³/mol. The molecule has 0 saturated carbocycles. The third kappa shape index (κ3) is 3.78. The predicted octanol–water partition coefficient (Wildman–Crippen LogP) is 1.06. The van der Waals surface area contributed by atoms with Crippen LogP contribution in [0.1, 0.15) is 19.8 Å². The number of halogens is 1. The van der Waals surface area contributed by atoms with Crippen LogP contribution in [-0.4, -0.2) is 49.5 Å². The van der Waals surface area contributed by atoms with Crippen LogP contribution in [0, 0.1) is 5.82 Å². The molecular weight excluding hydrogens is 283 g/mol. The number of rotatable bonds is 4. The lowest BCUT2D eigenvalue weighted by Gasteiger charge is -2.21. The fourth-order valence-electron chi connectivity index (χ4n) is 2.05. The number of hydrogen-bond donors (Lipinski definition) is 1. The van der Waals surface area contributed by atoms with Gasteiger partial charge in [-0.05, 0) is 12.8 Å². The third-order valence-electron chi connectivity index (χ3n) is 3.11. The van der Waals surface area contributed by atoms with Crippen LogP contribution in [0.3, 0.4) is 0 Å². The number of nitrogens with zero attached hydrogens (tertiary/aromatic N) is 3. The highest BCUT2D eigenvalue weighted by Crippen LogP contribution is 2.19. The van der Waals surface area contributed by atoms with Gasteiger partial charge < -0.3 is 10.2 Å². The van der Waals surface area contributed by atoms with E-state index in [0.29, 0.717) is 25.5 Å². The van der Waals surface area contributed by atoms with Crippen LogP contribution in [0.15, 0.2) is 6.20 Å². The minimum atomic E-state index is -3.02. The molecule has 0 aromatic carbocycles. The van der Waals surface area contributed by atoms with Gasteiger partial charge in [0.25, 0.3) is 0 Å². The Bertz CT molecular complexity index is 565. The van der Waals surface area contributed by atoms with Gasteiger partial charge in [0.1, 0.15) is 0 Å². The SMILES string of the molecule is CCCNc1ncc(F)c(N2CCCS(=O)(=O)CC2)n1. The molecule has 8 heteroatoms. The summed E-state index contributed by atoms with van der Waals surface area (Å²) in [6.07, 6.45) is 2.53. The van der Waals surface area contributed by atoms with E-state index in [9.17, 15) is 12.8 Å². The lowest BCUT2D eigenvalue weighted by atomic mass is 10.4. The minimum absolute atomic E-state index is 0.0359. The Kier molecular flexibility index (Phi) is 4.74. The van der Waals surface area contributed by atoms with Gasteiger partial charge in [-0.1, -0.05) is 6.92 Å². The van der Waals surface area contributed by atoms with Gasteiger partial charge in [-0.3, -0.25) is 0 Å². The highest BCUT2D eigenvalue weighted by Gasteiger charge is 2.22. The van der Waals surface area contributed by atoms with E-state index in [-0.39, 0.29) is 23.9 Å². The number of anilines is 2. The van der Waals surface area contributed by atoms with Crippen LogP contribution in [0.25, 0.3) is 0 Å². The monoisotopic (exact) mass is 302 g/mol. The maximum absolute atomic E-state index is 13.9. The number of aromatic nitrogens is 2. The zero-order valence-electron chi connectivity index (χ0n) is 11.5. The molecule has 0 radical (unpaired) electrons. The van der Waals surface area contributed by atoms with E-state index in [4.69, 9.17) is 0 Å². The first-order chi connectivity index (χ1) is 9.52. The molecule has 6 nitrogen and oxygen atoms in total. The highest BCUT2D eigenvalue weighted by atomic mass is 32.2. The Morgan fingerprint density at radius 3 is 2.95 bits per heavy atom. The van der Waals surface area contributed by atoms with Gasteiger partial charge in [0.15, 0.2) is 21.5 Å². The van der Waals surface area contributed by atoms with Gasteiger partial charge in [-0.2, -0.15) is 4.98 Å². The molecule has 1 N–H and O–H groups in total. The number of sulfone groups is 1. The van der Waals surface area contributed by atoms with E-state index >= 15 is 0 Å². The maximum Gasteiger partial charge on any atom is 0.224 e. The van der Waals surface area contributed by atoms with Crippen molar-refractivity contribution in [3.8, 4) is 0 Å². The van der Waals surface area contributed by atoms with E-state index < -0.39 is 15.7 Å². The molecule has 2 heterocycles. The van der Waals surface area contributed by atoms with Crippen LogP contribution >= 0.6 is 0 Å². The summed E-state index contributed by atoms with van der Waals surface area (Å²) in [4.78, 5) is 9.72. The maximum atomic E-state index is 13.9. The molecule has 1 fully saturated rings. The molecule has 112 valence electrons. The van der Waals surface area contributed by atoms with Crippen LogP contribution in [-0.2, 0) is 9.84 Å². The Balaban J connectivity index is 2.18. The van der Waals surface area contributed by atoms with Gasteiger partial charge in [0, 0.05) is 19.6 Å². The summed E-state index contributed by atoms with van der Waals surface area (Å²) in [5, 5.41) is 3.00. The van der Waals surface area contributed by atoms with Crippen LogP contribution in [0.5, 0.6) is 0 Å². The standard InChI is InChI=1S/C12H19FN4O2S/c1-2-4-14-12-15-9-10(13)11(16-12)17-5-3-7-20(18,19)8-6-17/h9H,2-8H2,1H3,(H,14,15,16). The summed E-state index contributed by atoms with van der Waals surface area (Å²) in [6.45, 7) is 3.47. The molecule has 0 spiro atoms. The first kappa shape index (κ1) is 15.0. The zero-order valence-corrected chi connectivity index (χ0v) is 12.3. The van der Waals surface area contributed by atoms with Crippen LogP contribution < -0.4 is 10.2 Å². The molecule has 1 aliphatic rings. The van der Waals surface area contributed by atoms with Gasteiger partial charge in [0.05, 0.1) is 17.7 Å². The van der Waals surface area contributed by atoms with Crippen molar-refractivity contribution in [3.63, 3.8) is 0 Å². The first-order valence-electron chi connectivity index (χ1n) is 6.73. The number of hydrogen-bond acceptors (Lipinski definition) is 6. The second-order valence-corrected chi connectivity index (χ2v) is 7.09. The molecule has 0 aliphatic carbocycles. The van der Waals surface area contributed by atoms with Crippen molar-refractivity contribution in [2.24, 2.45) is 0 Å². The summed E-state index contributed by atoms with van der Waals surface area (Å²) in [7, 11) is -3.02. The Morgan fingerprint density at radius 1 is 1.40 bits per heavy atom. The third-order valence-corrected chi connectivity index (χ3v) is 4.83. The summed E-state index contributed by atoms with van der Waals surface area (Å²) >= 11 is 0. The summed E-state index contributed by atoms with van der Waals surface area (Å²) in [5.74, 6) is 0.211. The van der Waals surface area contributed by atoms with Gasteiger partial charge in [-0.25, -0.2) is 17.8 Å². The van der Waals surface area contributed by atoms with E-state index in [0.717, 1.165) is 12.6 Å². The minimum Gasteiger partial charge on any atom is -0.354 e. The lowest BCUT2D eigenvalue weighted by Crippen LogP contribution is -2.29. The first-order valence-corrected chi connectivity index (χ1v) is 8.56. The quantitative estimate of drug-likeness (QED) is 0.896. The number of nitrogens with one attached hydrogen (secondary N) is 1. The average molecular weight is 302 g/mol. The van der Waals surface area contributed by atoms with Crippen molar-refractivity contribution in [3.05, 3.63) is 12.0 Å². The topological polar surface area (TPSA) is 75.2 Å². The molecule has 0 bridgehead atoms. The molecular formula is C12H19FN4O2S. The molecule has 20 heavy (non-hydrogen) atoms.